The number of nitrogens with one attached hydrogen (secondary N) is 1. The highest BCUT2D eigenvalue weighted by molar-refractivity contribution is 5.68. The van der Waals surface area contributed by atoms with Gasteiger partial charge in [-0.3, -0.25) is 0 Å². The van der Waals surface area contributed by atoms with Crippen LogP contribution in [0.2, 0.25) is 0 Å². The third kappa shape index (κ3) is 2.50. The first-order chi connectivity index (χ1) is 9.67. The van der Waals surface area contributed by atoms with Crippen LogP contribution < -0.4 is 5.32 Å². The first-order valence-corrected chi connectivity index (χ1v) is 7.31. The number of ether oxygens (including phenoxy) is 1. The summed E-state index contributed by atoms with van der Waals surface area (Å²) in [5.74, 6) is 1.35. The maximum absolute atomic E-state index is 5.42. The molecular weight excluding hydrogens is 252 g/mol. The van der Waals surface area contributed by atoms with Crippen molar-refractivity contribution in [2.75, 3.05) is 12.4 Å². The van der Waals surface area contributed by atoms with Crippen LogP contribution in [0, 0.1) is 0 Å². The molecule has 20 heavy (non-hydrogen) atoms. The zero-order valence-electron chi connectivity index (χ0n) is 12.3. The first kappa shape index (κ1) is 13.4. The maximum Gasteiger partial charge on any atom is 0.152 e. The SMILES string of the molecule is COC1CCC(Nc2nccn3nc(C(C)C)cc23)C1. The third-order valence-corrected chi connectivity index (χ3v) is 4.06. The van der Waals surface area contributed by atoms with Gasteiger partial charge in [-0.05, 0) is 31.2 Å². The normalized spacial score (nSPS) is 22.8. The number of methoxy groups -OCH3 is 1. The first-order valence-electron chi connectivity index (χ1n) is 7.31. The number of aromatic nitrogens is 3. The van der Waals surface area contributed by atoms with Crippen molar-refractivity contribution in [1.82, 2.24) is 14.6 Å². The number of hydrogen-bond donors (Lipinski definition) is 1. The van der Waals surface area contributed by atoms with Gasteiger partial charge in [0.15, 0.2) is 5.82 Å². The Morgan fingerprint density at radius 1 is 1.40 bits per heavy atom. The molecule has 5 nitrogen and oxygen atoms in total. The average Bonchev–Trinajstić information content (AvgIpc) is 3.05. The third-order valence-electron chi connectivity index (χ3n) is 4.06. The fourth-order valence-corrected chi connectivity index (χ4v) is 2.81. The van der Waals surface area contributed by atoms with Crippen molar-refractivity contribution in [3.63, 3.8) is 0 Å². The van der Waals surface area contributed by atoms with Gasteiger partial charge in [0.05, 0.1) is 11.8 Å². The van der Waals surface area contributed by atoms with Crippen LogP contribution in [0.1, 0.15) is 44.7 Å². The Morgan fingerprint density at radius 3 is 2.95 bits per heavy atom. The molecule has 0 bridgehead atoms. The second-order valence-corrected chi connectivity index (χ2v) is 5.84. The van der Waals surface area contributed by atoms with Gasteiger partial charge >= 0.3 is 0 Å². The van der Waals surface area contributed by atoms with Crippen molar-refractivity contribution in [2.24, 2.45) is 0 Å². The Labute approximate surface area is 119 Å². The second kappa shape index (κ2) is 5.40. The molecule has 2 aromatic rings. The molecule has 2 aromatic heterocycles. The minimum atomic E-state index is 0.378. The van der Waals surface area contributed by atoms with Gasteiger partial charge in [0.1, 0.15) is 5.52 Å². The Kier molecular flexibility index (Phi) is 3.61. The molecule has 2 atom stereocenters. The lowest BCUT2D eigenvalue weighted by Gasteiger charge is -2.14. The zero-order valence-corrected chi connectivity index (χ0v) is 12.3. The molecular formula is C15H22N4O. The van der Waals surface area contributed by atoms with E-state index >= 15 is 0 Å². The summed E-state index contributed by atoms with van der Waals surface area (Å²) >= 11 is 0. The molecule has 0 amide bonds. The largest absolute Gasteiger partial charge is 0.381 e. The number of fused-ring (bicyclic) bond motifs is 1. The molecule has 0 radical (unpaired) electrons. The molecule has 0 aliphatic heterocycles. The molecule has 1 fully saturated rings. The summed E-state index contributed by atoms with van der Waals surface area (Å²) in [5, 5.41) is 8.14. The standard InChI is InChI=1S/C15H22N4O/c1-10(2)13-9-14-15(16-6-7-19(14)18-13)17-11-4-5-12(8-11)20-3/h6-7,9-12H,4-5,8H2,1-3H3,(H,16,17). The highest BCUT2D eigenvalue weighted by Gasteiger charge is 2.25. The average molecular weight is 274 g/mol. The molecule has 2 heterocycles. The summed E-state index contributed by atoms with van der Waals surface area (Å²) < 4.78 is 7.33. The minimum absolute atomic E-state index is 0.378. The van der Waals surface area contributed by atoms with E-state index in [4.69, 9.17) is 4.74 Å². The Balaban J connectivity index is 1.84. The predicted octanol–water partition coefficient (Wildman–Crippen LogP) is 2.83. The molecule has 108 valence electrons. The molecule has 1 aliphatic carbocycles. The van der Waals surface area contributed by atoms with E-state index in [-0.39, 0.29) is 0 Å². The molecule has 5 heteroatoms. The van der Waals surface area contributed by atoms with Gasteiger partial charge < -0.3 is 10.1 Å². The predicted molar refractivity (Wildman–Crippen MR) is 79.1 cm³/mol. The van der Waals surface area contributed by atoms with Crippen LogP contribution in [0.3, 0.4) is 0 Å². The number of anilines is 1. The van der Waals surface area contributed by atoms with E-state index in [0.717, 1.165) is 36.3 Å². The Hall–Kier alpha value is -1.62. The van der Waals surface area contributed by atoms with Crippen molar-refractivity contribution < 1.29 is 4.74 Å². The van der Waals surface area contributed by atoms with Crippen LogP contribution in [-0.4, -0.2) is 33.9 Å². The van der Waals surface area contributed by atoms with Crippen LogP contribution in [0.4, 0.5) is 5.82 Å². The topological polar surface area (TPSA) is 51.5 Å². The van der Waals surface area contributed by atoms with E-state index in [1.807, 2.05) is 10.7 Å². The molecule has 3 rings (SSSR count). The van der Waals surface area contributed by atoms with Crippen LogP contribution in [0.15, 0.2) is 18.5 Å². The van der Waals surface area contributed by atoms with Gasteiger partial charge in [-0.25, -0.2) is 9.50 Å². The van der Waals surface area contributed by atoms with E-state index in [9.17, 15) is 0 Å². The van der Waals surface area contributed by atoms with E-state index in [0.29, 0.717) is 18.1 Å². The molecule has 0 spiro atoms. The quantitative estimate of drug-likeness (QED) is 0.931. The van der Waals surface area contributed by atoms with E-state index in [2.05, 4.69) is 35.3 Å². The van der Waals surface area contributed by atoms with Crippen molar-refractivity contribution >= 4 is 11.3 Å². The fraction of sp³-hybridized carbons (Fsp3) is 0.600. The van der Waals surface area contributed by atoms with Crippen LogP contribution in [-0.2, 0) is 4.74 Å². The Bertz CT molecular complexity index is 593. The summed E-state index contributed by atoms with van der Waals surface area (Å²) in [4.78, 5) is 4.48. The van der Waals surface area contributed by atoms with Crippen LogP contribution in [0.25, 0.3) is 5.52 Å². The zero-order chi connectivity index (χ0) is 14.1. The van der Waals surface area contributed by atoms with Crippen molar-refractivity contribution in [3.05, 3.63) is 24.2 Å². The van der Waals surface area contributed by atoms with Crippen LogP contribution in [0.5, 0.6) is 0 Å². The number of hydrogen-bond acceptors (Lipinski definition) is 4. The monoisotopic (exact) mass is 274 g/mol. The smallest absolute Gasteiger partial charge is 0.152 e. The maximum atomic E-state index is 5.42. The van der Waals surface area contributed by atoms with Gasteiger partial charge in [-0.15, -0.1) is 0 Å². The fourth-order valence-electron chi connectivity index (χ4n) is 2.81. The summed E-state index contributed by atoms with van der Waals surface area (Å²) in [6, 6.07) is 2.57. The van der Waals surface area contributed by atoms with E-state index < -0.39 is 0 Å². The lowest BCUT2D eigenvalue weighted by molar-refractivity contribution is 0.108. The van der Waals surface area contributed by atoms with Gasteiger partial charge in [0.25, 0.3) is 0 Å². The minimum Gasteiger partial charge on any atom is -0.381 e. The van der Waals surface area contributed by atoms with E-state index in [1.165, 1.54) is 0 Å². The lowest BCUT2D eigenvalue weighted by atomic mass is 10.1. The Morgan fingerprint density at radius 2 is 2.25 bits per heavy atom. The molecule has 0 saturated heterocycles. The lowest BCUT2D eigenvalue weighted by Crippen LogP contribution is -2.18. The molecule has 1 saturated carbocycles. The summed E-state index contributed by atoms with van der Waals surface area (Å²) in [7, 11) is 1.79. The second-order valence-electron chi connectivity index (χ2n) is 5.84. The number of nitrogens with zero attached hydrogens (tertiary/aromatic N) is 3. The van der Waals surface area contributed by atoms with Gasteiger partial charge in [-0.2, -0.15) is 5.10 Å². The molecule has 1 N–H and O–H groups in total. The van der Waals surface area contributed by atoms with E-state index in [1.54, 1.807) is 13.3 Å². The number of rotatable bonds is 4. The van der Waals surface area contributed by atoms with Gasteiger partial charge in [0.2, 0.25) is 0 Å². The molecule has 1 aliphatic rings. The van der Waals surface area contributed by atoms with Crippen molar-refractivity contribution in [2.45, 2.75) is 51.2 Å². The summed E-state index contributed by atoms with van der Waals surface area (Å²) in [5.41, 5.74) is 2.15. The highest BCUT2D eigenvalue weighted by Crippen LogP contribution is 2.26. The van der Waals surface area contributed by atoms with Crippen LogP contribution >= 0.6 is 0 Å². The molecule has 2 unspecified atom stereocenters. The van der Waals surface area contributed by atoms with Crippen molar-refractivity contribution in [1.29, 1.82) is 0 Å². The summed E-state index contributed by atoms with van der Waals surface area (Å²) in [6.45, 7) is 4.31. The van der Waals surface area contributed by atoms with Gasteiger partial charge in [0, 0.05) is 25.5 Å². The van der Waals surface area contributed by atoms with Crippen molar-refractivity contribution in [3.8, 4) is 0 Å². The molecule has 0 aromatic carbocycles. The van der Waals surface area contributed by atoms with Gasteiger partial charge in [-0.1, -0.05) is 13.8 Å². The highest BCUT2D eigenvalue weighted by atomic mass is 16.5. The summed E-state index contributed by atoms with van der Waals surface area (Å²) in [6.07, 6.45) is 7.38.